The highest BCUT2D eigenvalue weighted by molar-refractivity contribution is 6.12. The van der Waals surface area contributed by atoms with Gasteiger partial charge >= 0.3 is 0 Å². The fourth-order valence-electron chi connectivity index (χ4n) is 9.50. The maximum Gasteiger partial charge on any atom is 0.136 e. The molecular weight excluding hydrogens is 703 g/mol. The number of benzene rings is 8. The monoisotopic (exact) mass is 751 g/mol. The van der Waals surface area contributed by atoms with Crippen LogP contribution in [0.3, 0.4) is 0 Å². The molecule has 1 saturated carbocycles. The topological polar surface area (TPSA) is 16.4 Å². The van der Waals surface area contributed by atoms with Crippen LogP contribution in [0.1, 0.15) is 69.9 Å². The van der Waals surface area contributed by atoms with E-state index in [0.29, 0.717) is 5.92 Å². The van der Waals surface area contributed by atoms with Gasteiger partial charge < -0.3 is 9.32 Å². The molecule has 0 saturated heterocycles. The predicted molar refractivity (Wildman–Crippen MR) is 247 cm³/mol. The predicted octanol–water partition coefficient (Wildman–Crippen LogP) is 16.6. The Bertz CT molecular complexity index is 2900. The Morgan fingerprint density at radius 2 is 1.12 bits per heavy atom. The van der Waals surface area contributed by atoms with Crippen molar-refractivity contribution in [3.63, 3.8) is 0 Å². The first kappa shape index (κ1) is 36.0. The maximum atomic E-state index is 6.31. The summed E-state index contributed by atoms with van der Waals surface area (Å²) < 4.78 is 6.31. The highest BCUT2D eigenvalue weighted by atomic mass is 16.3. The molecule has 58 heavy (non-hydrogen) atoms. The first-order valence-corrected chi connectivity index (χ1v) is 21.0. The molecule has 2 nitrogen and oxygen atoms in total. The molecule has 0 aliphatic heterocycles. The third-order valence-electron chi connectivity index (χ3n) is 12.4. The largest absolute Gasteiger partial charge is 0.456 e. The van der Waals surface area contributed by atoms with Crippen molar-refractivity contribution < 1.29 is 4.42 Å². The molecule has 0 atom stereocenters. The van der Waals surface area contributed by atoms with Gasteiger partial charge in [-0.1, -0.05) is 173 Å². The van der Waals surface area contributed by atoms with Crippen LogP contribution in [0.25, 0.3) is 66.1 Å². The summed E-state index contributed by atoms with van der Waals surface area (Å²) in [5.41, 5.74) is 15.3. The number of hydrogen-bond acceptors (Lipinski definition) is 2. The number of hydrogen-bond donors (Lipinski definition) is 0. The maximum absolute atomic E-state index is 6.31. The molecule has 0 bridgehead atoms. The zero-order valence-electron chi connectivity index (χ0n) is 33.7. The van der Waals surface area contributed by atoms with E-state index in [2.05, 4.69) is 196 Å². The normalized spacial score (nSPS) is 13.7. The van der Waals surface area contributed by atoms with Gasteiger partial charge in [-0.05, 0) is 111 Å². The fraction of sp³-hybridized carbons (Fsp3) is 0.179. The van der Waals surface area contributed by atoms with Gasteiger partial charge in [0.2, 0.25) is 0 Å². The van der Waals surface area contributed by atoms with Gasteiger partial charge in [0, 0.05) is 27.6 Å². The Morgan fingerprint density at radius 1 is 0.483 bits per heavy atom. The molecule has 0 spiro atoms. The van der Waals surface area contributed by atoms with E-state index in [0.717, 1.165) is 44.6 Å². The van der Waals surface area contributed by atoms with Crippen LogP contribution in [0, 0.1) is 0 Å². The molecule has 0 N–H and O–H groups in total. The molecule has 1 heterocycles. The van der Waals surface area contributed by atoms with Crippen molar-refractivity contribution in [1.82, 2.24) is 0 Å². The lowest BCUT2D eigenvalue weighted by molar-refractivity contribution is 0.445. The summed E-state index contributed by atoms with van der Waals surface area (Å²) in [4.78, 5) is 2.50. The number of fused-ring (bicyclic) bond motifs is 4. The van der Waals surface area contributed by atoms with Crippen LogP contribution >= 0.6 is 0 Å². The van der Waals surface area contributed by atoms with E-state index in [-0.39, 0.29) is 5.41 Å². The Kier molecular flexibility index (Phi) is 9.21. The molecule has 1 fully saturated rings. The van der Waals surface area contributed by atoms with E-state index >= 15 is 0 Å². The number of rotatable bonds is 7. The minimum absolute atomic E-state index is 0.0107. The number of nitrogens with zero attached hydrogens (tertiary/aromatic N) is 1. The Balaban J connectivity index is 1.20. The van der Waals surface area contributed by atoms with Crippen LogP contribution in [-0.2, 0) is 5.41 Å². The Hall–Kier alpha value is -6.38. The molecule has 284 valence electrons. The van der Waals surface area contributed by atoms with Crippen LogP contribution in [0.4, 0.5) is 17.1 Å². The van der Waals surface area contributed by atoms with Gasteiger partial charge in [0.25, 0.3) is 0 Å². The van der Waals surface area contributed by atoms with E-state index in [1.54, 1.807) is 0 Å². The standard InChI is InChI=1S/C56H49NO/c1-56(2,3)42-33-36-51(49(37-42)39-19-8-5-9-20-39)57(43-34-31-40(32-35-43)45-26-16-30-53-55(45)48-24-11-13-29-52(48)58-53)50-28-12-10-23-46(50)47-27-15-22-41-21-14-25-44(54(41)47)38-17-6-4-7-18-38/h5,8-16,19-38H,4,6-7,17-18H2,1-3H3. The van der Waals surface area contributed by atoms with E-state index in [9.17, 15) is 0 Å². The highest BCUT2D eigenvalue weighted by Crippen LogP contribution is 2.49. The summed E-state index contributed by atoms with van der Waals surface area (Å²) in [7, 11) is 0. The van der Waals surface area contributed by atoms with E-state index in [1.807, 2.05) is 6.07 Å². The van der Waals surface area contributed by atoms with Crippen LogP contribution < -0.4 is 4.90 Å². The lowest BCUT2D eigenvalue weighted by Gasteiger charge is -2.32. The van der Waals surface area contributed by atoms with Crippen LogP contribution in [0.15, 0.2) is 180 Å². The summed E-state index contributed by atoms with van der Waals surface area (Å²) >= 11 is 0. The third kappa shape index (κ3) is 6.47. The van der Waals surface area contributed by atoms with Crippen molar-refractivity contribution in [2.45, 2.75) is 64.2 Å². The van der Waals surface area contributed by atoms with Crippen LogP contribution in [-0.4, -0.2) is 0 Å². The SMILES string of the molecule is CC(C)(C)c1ccc(N(c2ccc(-c3cccc4oc5ccccc5c34)cc2)c2ccccc2-c2cccc3cccc(C4CCCCC4)c23)c(-c2ccccc2)c1. The second-order valence-electron chi connectivity index (χ2n) is 17.1. The quantitative estimate of drug-likeness (QED) is 0.161. The van der Waals surface area contributed by atoms with Gasteiger partial charge in [0.05, 0.1) is 11.4 Å². The van der Waals surface area contributed by atoms with Crippen molar-refractivity contribution in [3.05, 3.63) is 187 Å². The second-order valence-corrected chi connectivity index (χ2v) is 17.1. The van der Waals surface area contributed by atoms with E-state index < -0.39 is 0 Å². The summed E-state index contributed by atoms with van der Waals surface area (Å²) in [6, 6.07) is 64.8. The molecule has 0 amide bonds. The zero-order valence-corrected chi connectivity index (χ0v) is 33.7. The molecule has 0 unspecified atom stereocenters. The Labute approximate surface area is 342 Å². The molecule has 0 radical (unpaired) electrons. The minimum Gasteiger partial charge on any atom is -0.456 e. The molecular formula is C56H49NO. The zero-order chi connectivity index (χ0) is 39.2. The summed E-state index contributed by atoms with van der Waals surface area (Å²) in [5, 5.41) is 5.00. The van der Waals surface area contributed by atoms with E-state index in [4.69, 9.17) is 4.42 Å². The first-order chi connectivity index (χ1) is 28.4. The average molecular weight is 752 g/mol. The molecule has 1 aliphatic rings. The molecule has 1 aromatic heterocycles. The first-order valence-electron chi connectivity index (χ1n) is 21.0. The molecule has 8 aromatic carbocycles. The highest BCUT2D eigenvalue weighted by Gasteiger charge is 2.26. The lowest BCUT2D eigenvalue weighted by atomic mass is 9.80. The van der Waals surface area contributed by atoms with Gasteiger partial charge in [-0.3, -0.25) is 0 Å². The summed E-state index contributed by atoms with van der Waals surface area (Å²) in [6.07, 6.45) is 6.48. The van der Waals surface area contributed by atoms with Gasteiger partial charge in [0.1, 0.15) is 11.2 Å². The number of anilines is 3. The summed E-state index contributed by atoms with van der Waals surface area (Å²) in [5.74, 6) is 0.584. The van der Waals surface area contributed by atoms with Gasteiger partial charge in [-0.25, -0.2) is 0 Å². The smallest absolute Gasteiger partial charge is 0.136 e. The molecule has 10 rings (SSSR count). The van der Waals surface area contributed by atoms with Crippen LogP contribution in [0.2, 0.25) is 0 Å². The van der Waals surface area contributed by atoms with Crippen molar-refractivity contribution in [2.75, 3.05) is 4.90 Å². The third-order valence-corrected chi connectivity index (χ3v) is 12.4. The molecule has 2 heteroatoms. The van der Waals surface area contributed by atoms with Crippen molar-refractivity contribution >= 4 is 49.8 Å². The lowest BCUT2D eigenvalue weighted by Crippen LogP contribution is -2.15. The van der Waals surface area contributed by atoms with Crippen molar-refractivity contribution in [3.8, 4) is 33.4 Å². The van der Waals surface area contributed by atoms with Gasteiger partial charge in [0.15, 0.2) is 0 Å². The van der Waals surface area contributed by atoms with Crippen molar-refractivity contribution in [1.29, 1.82) is 0 Å². The summed E-state index contributed by atoms with van der Waals surface area (Å²) in [6.45, 7) is 6.91. The number of furan rings is 1. The number of para-hydroxylation sites is 2. The van der Waals surface area contributed by atoms with Crippen LogP contribution in [0.5, 0.6) is 0 Å². The Morgan fingerprint density at radius 3 is 1.93 bits per heavy atom. The van der Waals surface area contributed by atoms with E-state index in [1.165, 1.54) is 81.8 Å². The van der Waals surface area contributed by atoms with Crippen molar-refractivity contribution in [2.24, 2.45) is 0 Å². The second kappa shape index (κ2) is 14.8. The molecule has 9 aromatic rings. The minimum atomic E-state index is -0.0107. The average Bonchev–Trinajstić information content (AvgIpc) is 3.66. The fourth-order valence-corrected chi connectivity index (χ4v) is 9.50. The van der Waals surface area contributed by atoms with Gasteiger partial charge in [-0.2, -0.15) is 0 Å². The van der Waals surface area contributed by atoms with Gasteiger partial charge in [-0.15, -0.1) is 0 Å². The molecule has 1 aliphatic carbocycles.